The molecule has 7 nitrogen and oxygen atoms in total. The molecule has 0 aliphatic rings. The Hall–Kier alpha value is -2.31. The number of nitrogens with two attached hydrogens (primary N) is 1. The fourth-order valence-corrected chi connectivity index (χ4v) is 1.11. The number of aromatic nitrogens is 1. The minimum atomic E-state index is -1.31. The largest absolute Gasteiger partial charge is 0.480 e. The zero-order valence-corrected chi connectivity index (χ0v) is 8.27. The number of H-pyrrole nitrogens is 1. The minimum Gasteiger partial charge on any atom is -0.480 e. The van der Waals surface area contributed by atoms with E-state index in [4.69, 9.17) is 10.8 Å². The first kappa shape index (κ1) is 11.8. The Morgan fingerprint density at radius 3 is 2.62 bits per heavy atom. The van der Waals surface area contributed by atoms with Crippen LogP contribution in [-0.2, 0) is 9.59 Å². The second-order valence-corrected chi connectivity index (χ2v) is 3.12. The van der Waals surface area contributed by atoms with E-state index in [0.29, 0.717) is 0 Å². The molecule has 1 heterocycles. The van der Waals surface area contributed by atoms with E-state index < -0.39 is 30.2 Å². The molecular formula is C9H11N3O4. The minimum absolute atomic E-state index is 0.218. The Balaban J connectivity index is 2.65. The van der Waals surface area contributed by atoms with Gasteiger partial charge < -0.3 is 21.1 Å². The zero-order chi connectivity index (χ0) is 12.1. The predicted molar refractivity (Wildman–Crippen MR) is 53.5 cm³/mol. The molecule has 1 aromatic heterocycles. The van der Waals surface area contributed by atoms with Crippen LogP contribution >= 0.6 is 0 Å². The van der Waals surface area contributed by atoms with Crippen molar-refractivity contribution in [3.05, 3.63) is 24.0 Å². The Labute approximate surface area is 90.6 Å². The molecular weight excluding hydrogens is 214 g/mol. The molecule has 2 amide bonds. The number of hydrogen-bond acceptors (Lipinski definition) is 3. The van der Waals surface area contributed by atoms with Crippen LogP contribution in [0.2, 0.25) is 0 Å². The van der Waals surface area contributed by atoms with Gasteiger partial charge in [-0.25, -0.2) is 4.79 Å². The summed E-state index contributed by atoms with van der Waals surface area (Å²) < 4.78 is 0. The number of primary amides is 1. The number of rotatable bonds is 5. The van der Waals surface area contributed by atoms with E-state index in [1.807, 2.05) is 0 Å². The third kappa shape index (κ3) is 3.12. The number of carboxylic acid groups (broad SMARTS) is 1. The Kier molecular flexibility index (Phi) is 3.65. The standard InChI is InChI=1S/C9H11N3O4/c10-7(13)4-6(9(15)16)12-8(14)5-2-1-3-11-5/h1-3,6,11H,4H2,(H2,10,13)(H,12,14)(H,15,16)/t6-/m0/s1. The van der Waals surface area contributed by atoms with Crippen LogP contribution in [0.4, 0.5) is 0 Å². The highest BCUT2D eigenvalue weighted by atomic mass is 16.4. The topological polar surface area (TPSA) is 125 Å². The quantitative estimate of drug-likeness (QED) is 0.516. The van der Waals surface area contributed by atoms with Gasteiger partial charge in [-0.3, -0.25) is 9.59 Å². The summed E-state index contributed by atoms with van der Waals surface area (Å²) in [5.74, 6) is -2.70. The molecule has 7 heteroatoms. The Bertz CT molecular complexity index is 399. The average molecular weight is 225 g/mol. The highest BCUT2D eigenvalue weighted by Gasteiger charge is 2.22. The van der Waals surface area contributed by atoms with Crippen molar-refractivity contribution < 1.29 is 19.5 Å². The van der Waals surface area contributed by atoms with Crippen LogP contribution in [0.5, 0.6) is 0 Å². The molecule has 5 N–H and O–H groups in total. The predicted octanol–water partition coefficient (Wildman–Crippen LogP) is -0.927. The normalized spacial score (nSPS) is 11.8. The van der Waals surface area contributed by atoms with Crippen LogP contribution in [-0.4, -0.2) is 33.9 Å². The molecule has 0 saturated heterocycles. The summed E-state index contributed by atoms with van der Waals surface area (Å²) in [6.07, 6.45) is 1.08. The Morgan fingerprint density at radius 1 is 1.50 bits per heavy atom. The number of amides is 2. The van der Waals surface area contributed by atoms with Crippen molar-refractivity contribution >= 4 is 17.8 Å². The zero-order valence-electron chi connectivity index (χ0n) is 8.27. The molecule has 1 aromatic rings. The van der Waals surface area contributed by atoms with Crippen molar-refractivity contribution in [2.24, 2.45) is 5.73 Å². The summed E-state index contributed by atoms with van der Waals surface area (Å²) in [7, 11) is 0. The van der Waals surface area contributed by atoms with E-state index in [9.17, 15) is 14.4 Å². The van der Waals surface area contributed by atoms with Gasteiger partial charge in [-0.15, -0.1) is 0 Å². The maximum absolute atomic E-state index is 11.4. The SMILES string of the molecule is NC(=O)C[C@H](NC(=O)c1ccc[nH]1)C(=O)O. The first-order valence-corrected chi connectivity index (χ1v) is 4.46. The van der Waals surface area contributed by atoms with Crippen molar-refractivity contribution in [1.82, 2.24) is 10.3 Å². The fourth-order valence-electron chi connectivity index (χ4n) is 1.11. The average Bonchev–Trinajstić information content (AvgIpc) is 2.68. The molecule has 0 aliphatic carbocycles. The first-order valence-electron chi connectivity index (χ1n) is 4.46. The monoisotopic (exact) mass is 225 g/mol. The third-order valence-corrected chi connectivity index (χ3v) is 1.85. The van der Waals surface area contributed by atoms with Crippen molar-refractivity contribution in [2.75, 3.05) is 0 Å². The molecule has 1 rings (SSSR count). The number of nitrogens with one attached hydrogen (secondary N) is 2. The van der Waals surface area contributed by atoms with Gasteiger partial charge >= 0.3 is 5.97 Å². The van der Waals surface area contributed by atoms with Crippen molar-refractivity contribution in [2.45, 2.75) is 12.5 Å². The summed E-state index contributed by atoms with van der Waals surface area (Å²) in [5, 5.41) is 10.9. The molecule has 0 saturated carbocycles. The lowest BCUT2D eigenvalue weighted by molar-refractivity contribution is -0.140. The lowest BCUT2D eigenvalue weighted by Crippen LogP contribution is -2.43. The van der Waals surface area contributed by atoms with Crippen LogP contribution in [0.25, 0.3) is 0 Å². The maximum Gasteiger partial charge on any atom is 0.326 e. The maximum atomic E-state index is 11.4. The molecule has 1 atom stereocenters. The number of hydrogen-bond donors (Lipinski definition) is 4. The van der Waals surface area contributed by atoms with Gasteiger partial charge in [0.15, 0.2) is 0 Å². The van der Waals surface area contributed by atoms with Gasteiger partial charge in [0, 0.05) is 6.20 Å². The van der Waals surface area contributed by atoms with Crippen LogP contribution in [0.3, 0.4) is 0 Å². The van der Waals surface area contributed by atoms with E-state index in [-0.39, 0.29) is 5.69 Å². The van der Waals surface area contributed by atoms with Gasteiger partial charge in [-0.1, -0.05) is 0 Å². The van der Waals surface area contributed by atoms with Crippen molar-refractivity contribution in [3.63, 3.8) is 0 Å². The van der Waals surface area contributed by atoms with Gasteiger partial charge in [0.05, 0.1) is 6.42 Å². The van der Waals surface area contributed by atoms with E-state index in [0.717, 1.165) is 0 Å². The molecule has 0 unspecified atom stereocenters. The van der Waals surface area contributed by atoms with Gasteiger partial charge in [0.2, 0.25) is 5.91 Å². The molecule has 0 aromatic carbocycles. The number of aliphatic carboxylic acids is 1. The van der Waals surface area contributed by atoms with Crippen LogP contribution < -0.4 is 11.1 Å². The highest BCUT2D eigenvalue weighted by Crippen LogP contribution is 1.98. The van der Waals surface area contributed by atoms with E-state index in [1.165, 1.54) is 12.3 Å². The van der Waals surface area contributed by atoms with Gasteiger partial charge in [-0.05, 0) is 12.1 Å². The second-order valence-electron chi connectivity index (χ2n) is 3.12. The van der Waals surface area contributed by atoms with Crippen LogP contribution in [0.15, 0.2) is 18.3 Å². The van der Waals surface area contributed by atoms with Crippen LogP contribution in [0, 0.1) is 0 Å². The molecule has 0 radical (unpaired) electrons. The van der Waals surface area contributed by atoms with Crippen molar-refractivity contribution in [1.29, 1.82) is 0 Å². The number of carbonyl (C=O) groups excluding carboxylic acids is 2. The molecule has 0 bridgehead atoms. The second kappa shape index (κ2) is 4.96. The lowest BCUT2D eigenvalue weighted by Gasteiger charge is -2.11. The summed E-state index contributed by atoms with van der Waals surface area (Å²) in [5.41, 5.74) is 5.08. The van der Waals surface area contributed by atoms with Gasteiger partial charge in [-0.2, -0.15) is 0 Å². The lowest BCUT2D eigenvalue weighted by atomic mass is 10.2. The summed E-state index contributed by atoms with van der Waals surface area (Å²) in [6, 6.07) is 1.77. The summed E-state index contributed by atoms with van der Waals surface area (Å²) in [6.45, 7) is 0. The smallest absolute Gasteiger partial charge is 0.326 e. The number of aromatic amines is 1. The van der Waals surface area contributed by atoms with E-state index in [1.54, 1.807) is 6.07 Å². The van der Waals surface area contributed by atoms with Gasteiger partial charge in [0.1, 0.15) is 11.7 Å². The van der Waals surface area contributed by atoms with Gasteiger partial charge in [0.25, 0.3) is 5.91 Å². The van der Waals surface area contributed by atoms with E-state index in [2.05, 4.69) is 10.3 Å². The van der Waals surface area contributed by atoms with Crippen LogP contribution in [0.1, 0.15) is 16.9 Å². The Morgan fingerprint density at radius 2 is 2.19 bits per heavy atom. The third-order valence-electron chi connectivity index (χ3n) is 1.85. The molecule has 86 valence electrons. The van der Waals surface area contributed by atoms with Crippen molar-refractivity contribution in [3.8, 4) is 0 Å². The molecule has 0 spiro atoms. The fraction of sp³-hybridized carbons (Fsp3) is 0.222. The summed E-state index contributed by atoms with van der Waals surface area (Å²) in [4.78, 5) is 35.3. The van der Waals surface area contributed by atoms with E-state index >= 15 is 0 Å². The summed E-state index contributed by atoms with van der Waals surface area (Å²) >= 11 is 0. The highest BCUT2D eigenvalue weighted by molar-refractivity contribution is 5.96. The number of carboxylic acids is 1. The molecule has 0 aliphatic heterocycles. The molecule has 0 fully saturated rings. The first-order chi connectivity index (χ1) is 7.50. The number of carbonyl (C=O) groups is 3. The molecule has 16 heavy (non-hydrogen) atoms.